The number of halogens is 2. The Kier molecular flexibility index (Phi) is 5.52. The lowest BCUT2D eigenvalue weighted by Gasteiger charge is -2.07. The van der Waals surface area contributed by atoms with E-state index in [9.17, 15) is 9.59 Å². The zero-order valence-electron chi connectivity index (χ0n) is 11.9. The second kappa shape index (κ2) is 7.38. The Morgan fingerprint density at radius 2 is 1.91 bits per heavy atom. The zero-order valence-corrected chi connectivity index (χ0v) is 13.4. The minimum atomic E-state index is -0.269. The average Bonchev–Trinajstić information content (AvgIpc) is 2.55. The first-order valence-corrected chi connectivity index (χ1v) is 7.48. The van der Waals surface area contributed by atoms with E-state index in [2.05, 4.69) is 10.3 Å². The summed E-state index contributed by atoms with van der Waals surface area (Å²) in [7, 11) is 0. The third-order valence-electron chi connectivity index (χ3n) is 3.07. The van der Waals surface area contributed by atoms with Gasteiger partial charge in [-0.3, -0.25) is 14.6 Å². The van der Waals surface area contributed by atoms with E-state index in [1.165, 1.54) is 6.20 Å². The van der Waals surface area contributed by atoms with Crippen molar-refractivity contribution in [1.29, 1.82) is 0 Å². The van der Waals surface area contributed by atoms with Gasteiger partial charge < -0.3 is 5.32 Å². The molecule has 1 aromatic carbocycles. The topological polar surface area (TPSA) is 59.1 Å². The van der Waals surface area contributed by atoms with E-state index < -0.39 is 0 Å². The summed E-state index contributed by atoms with van der Waals surface area (Å²) >= 11 is 11.8. The highest BCUT2D eigenvalue weighted by Crippen LogP contribution is 2.22. The number of carbonyl (C=O) groups excluding carboxylic acids is 2. The van der Waals surface area contributed by atoms with Gasteiger partial charge in [0.05, 0.1) is 15.6 Å². The summed E-state index contributed by atoms with van der Waals surface area (Å²) in [6.45, 7) is 2.09. The van der Waals surface area contributed by atoms with Crippen LogP contribution in [0.15, 0.2) is 36.5 Å². The summed E-state index contributed by atoms with van der Waals surface area (Å²) in [5.41, 5.74) is 1.60. The van der Waals surface area contributed by atoms with Crippen LogP contribution in [0.25, 0.3) is 0 Å². The predicted molar refractivity (Wildman–Crippen MR) is 86.5 cm³/mol. The molecule has 1 heterocycles. The Bertz CT molecular complexity index is 700. The van der Waals surface area contributed by atoms with Crippen LogP contribution in [0.1, 0.15) is 39.8 Å². The zero-order chi connectivity index (χ0) is 16.1. The number of nitrogens with one attached hydrogen (secondary N) is 1. The predicted octanol–water partition coefficient (Wildman–Crippen LogP) is 3.91. The summed E-state index contributed by atoms with van der Waals surface area (Å²) < 4.78 is 0. The molecule has 0 saturated carbocycles. The first-order valence-electron chi connectivity index (χ1n) is 6.72. The van der Waals surface area contributed by atoms with Crippen LogP contribution in [0.5, 0.6) is 0 Å². The van der Waals surface area contributed by atoms with Crippen molar-refractivity contribution in [2.75, 3.05) is 0 Å². The van der Waals surface area contributed by atoms with Gasteiger partial charge in [-0.25, -0.2) is 0 Å². The van der Waals surface area contributed by atoms with Gasteiger partial charge >= 0.3 is 0 Å². The van der Waals surface area contributed by atoms with Gasteiger partial charge in [0.2, 0.25) is 0 Å². The van der Waals surface area contributed by atoms with Crippen molar-refractivity contribution in [3.8, 4) is 0 Å². The molecule has 1 aromatic heterocycles. The molecule has 0 unspecified atom stereocenters. The van der Waals surface area contributed by atoms with E-state index in [1.807, 2.05) is 0 Å². The van der Waals surface area contributed by atoms with Crippen molar-refractivity contribution in [3.05, 3.63) is 63.4 Å². The number of ketones is 1. The summed E-state index contributed by atoms with van der Waals surface area (Å²) in [6.07, 6.45) is 1.78. The molecule has 0 spiro atoms. The Balaban J connectivity index is 2.00. The molecular formula is C16H14Cl2N2O2. The Labute approximate surface area is 138 Å². The van der Waals surface area contributed by atoms with Crippen LogP contribution in [0, 0.1) is 0 Å². The molecule has 0 saturated heterocycles. The van der Waals surface area contributed by atoms with Gasteiger partial charge in [0.15, 0.2) is 5.78 Å². The molecule has 1 amide bonds. The van der Waals surface area contributed by atoms with Crippen molar-refractivity contribution >= 4 is 34.9 Å². The van der Waals surface area contributed by atoms with Crippen molar-refractivity contribution in [1.82, 2.24) is 10.3 Å². The van der Waals surface area contributed by atoms with Gasteiger partial charge in [-0.2, -0.15) is 0 Å². The highest BCUT2D eigenvalue weighted by Gasteiger charge is 2.09. The Hall–Kier alpha value is -1.91. The van der Waals surface area contributed by atoms with Crippen LogP contribution in [-0.2, 0) is 6.54 Å². The van der Waals surface area contributed by atoms with Gasteiger partial charge in [-0.1, -0.05) is 36.2 Å². The number of amides is 1. The minimum Gasteiger partial charge on any atom is -0.348 e. The van der Waals surface area contributed by atoms with Crippen LogP contribution in [0.2, 0.25) is 10.0 Å². The standard InChI is InChI=1S/C16H14Cl2N2O2/c1-2-15(21)14-6-4-11(9-19-14)16(22)20-8-10-3-5-12(17)13(18)7-10/h3-7,9H,2,8H2,1H3,(H,20,22). The molecule has 2 rings (SSSR count). The van der Waals surface area contributed by atoms with Gasteiger partial charge in [-0.05, 0) is 29.8 Å². The van der Waals surface area contributed by atoms with Crippen LogP contribution in [-0.4, -0.2) is 16.7 Å². The third-order valence-corrected chi connectivity index (χ3v) is 3.81. The molecule has 0 radical (unpaired) electrons. The van der Waals surface area contributed by atoms with Gasteiger partial charge in [-0.15, -0.1) is 0 Å². The van der Waals surface area contributed by atoms with Crippen molar-refractivity contribution in [3.63, 3.8) is 0 Å². The third kappa shape index (κ3) is 4.06. The first-order chi connectivity index (χ1) is 10.5. The van der Waals surface area contributed by atoms with E-state index >= 15 is 0 Å². The molecule has 114 valence electrons. The lowest BCUT2D eigenvalue weighted by Crippen LogP contribution is -2.23. The molecular weight excluding hydrogens is 323 g/mol. The smallest absolute Gasteiger partial charge is 0.253 e. The maximum Gasteiger partial charge on any atom is 0.253 e. The number of hydrogen-bond acceptors (Lipinski definition) is 3. The number of hydrogen-bond donors (Lipinski definition) is 1. The summed E-state index contributed by atoms with van der Waals surface area (Å²) in [5.74, 6) is -0.322. The second-order valence-corrected chi connectivity index (χ2v) is 5.45. The van der Waals surface area contributed by atoms with Crippen LogP contribution in [0.4, 0.5) is 0 Å². The first kappa shape index (κ1) is 16.5. The maximum absolute atomic E-state index is 12.0. The summed E-state index contributed by atoms with van der Waals surface area (Å²) in [5, 5.41) is 3.67. The lowest BCUT2D eigenvalue weighted by molar-refractivity contribution is 0.0946. The van der Waals surface area contributed by atoms with Gasteiger partial charge in [0.25, 0.3) is 5.91 Å². The van der Waals surface area contributed by atoms with Crippen molar-refractivity contribution < 1.29 is 9.59 Å². The van der Waals surface area contributed by atoms with E-state index in [0.717, 1.165) is 5.56 Å². The maximum atomic E-state index is 12.0. The van der Waals surface area contributed by atoms with Crippen LogP contribution in [0.3, 0.4) is 0 Å². The summed E-state index contributed by atoms with van der Waals surface area (Å²) in [6, 6.07) is 8.30. The monoisotopic (exact) mass is 336 g/mol. The lowest BCUT2D eigenvalue weighted by atomic mass is 10.1. The summed E-state index contributed by atoms with van der Waals surface area (Å²) in [4.78, 5) is 27.5. The van der Waals surface area contributed by atoms with Gasteiger partial charge in [0, 0.05) is 19.2 Å². The molecule has 22 heavy (non-hydrogen) atoms. The molecule has 1 N–H and O–H groups in total. The molecule has 4 nitrogen and oxygen atoms in total. The largest absolute Gasteiger partial charge is 0.348 e. The number of carbonyl (C=O) groups is 2. The number of aromatic nitrogens is 1. The Morgan fingerprint density at radius 1 is 1.14 bits per heavy atom. The fourth-order valence-corrected chi connectivity index (χ4v) is 2.13. The fourth-order valence-electron chi connectivity index (χ4n) is 1.81. The molecule has 0 fully saturated rings. The second-order valence-electron chi connectivity index (χ2n) is 4.64. The molecule has 2 aromatic rings. The van der Waals surface area contributed by atoms with E-state index in [-0.39, 0.29) is 11.7 Å². The quantitative estimate of drug-likeness (QED) is 0.842. The normalized spacial score (nSPS) is 10.3. The van der Waals surface area contributed by atoms with Crippen LogP contribution >= 0.6 is 23.2 Å². The Morgan fingerprint density at radius 3 is 2.50 bits per heavy atom. The number of Topliss-reactive ketones (excluding diaryl/α,β-unsaturated/α-hetero) is 1. The molecule has 6 heteroatoms. The minimum absolute atomic E-state index is 0.0530. The average molecular weight is 337 g/mol. The number of nitrogens with zero attached hydrogens (tertiary/aromatic N) is 1. The number of benzene rings is 1. The van der Waals surface area contributed by atoms with E-state index in [1.54, 1.807) is 37.3 Å². The molecule has 0 bridgehead atoms. The van der Waals surface area contributed by atoms with Crippen LogP contribution < -0.4 is 5.32 Å². The highest BCUT2D eigenvalue weighted by molar-refractivity contribution is 6.42. The molecule has 0 aliphatic rings. The molecule has 0 aliphatic carbocycles. The SMILES string of the molecule is CCC(=O)c1ccc(C(=O)NCc2ccc(Cl)c(Cl)c2)cn1. The molecule has 0 aliphatic heterocycles. The fraction of sp³-hybridized carbons (Fsp3) is 0.188. The van der Waals surface area contributed by atoms with Gasteiger partial charge in [0.1, 0.15) is 5.69 Å². The van der Waals surface area contributed by atoms with Crippen molar-refractivity contribution in [2.24, 2.45) is 0 Å². The number of pyridine rings is 1. The number of rotatable bonds is 5. The van der Waals surface area contributed by atoms with E-state index in [0.29, 0.717) is 34.3 Å². The highest BCUT2D eigenvalue weighted by atomic mass is 35.5. The molecule has 0 atom stereocenters. The van der Waals surface area contributed by atoms with E-state index in [4.69, 9.17) is 23.2 Å². The van der Waals surface area contributed by atoms with Crippen molar-refractivity contribution in [2.45, 2.75) is 19.9 Å².